The molecular weight excluding hydrogens is 206 g/mol. The van der Waals surface area contributed by atoms with E-state index in [0.717, 1.165) is 5.69 Å². The number of aryl methyl sites for hydroxylation is 1. The summed E-state index contributed by atoms with van der Waals surface area (Å²) in [5.41, 5.74) is 5.05. The first-order chi connectivity index (χ1) is 7.98. The molecule has 0 aliphatic rings. The first-order valence-corrected chi connectivity index (χ1v) is 6.01. The largest absolute Gasteiger partial charge is 0.256 e. The quantitative estimate of drug-likeness (QED) is 0.703. The molecule has 0 bridgehead atoms. The second-order valence-electron chi connectivity index (χ2n) is 5.49. The lowest BCUT2D eigenvalue weighted by Crippen LogP contribution is -2.11. The molecule has 88 valence electrons. The third kappa shape index (κ3) is 2.55. The van der Waals surface area contributed by atoms with Gasteiger partial charge < -0.3 is 0 Å². The van der Waals surface area contributed by atoms with Crippen molar-refractivity contribution in [2.75, 3.05) is 0 Å². The molecule has 2 rings (SSSR count). The first-order valence-electron chi connectivity index (χ1n) is 6.01. The molecule has 1 nitrogen and oxygen atoms in total. The Hall–Kier alpha value is -1.63. The summed E-state index contributed by atoms with van der Waals surface area (Å²) in [5, 5.41) is 0. The molecule has 2 aromatic rings. The number of hydrogen-bond acceptors (Lipinski definition) is 1. The van der Waals surface area contributed by atoms with Crippen LogP contribution in [0.15, 0.2) is 42.6 Å². The molecular formula is C16H19N. The summed E-state index contributed by atoms with van der Waals surface area (Å²) < 4.78 is 0. The van der Waals surface area contributed by atoms with E-state index in [1.54, 1.807) is 0 Å². The van der Waals surface area contributed by atoms with Gasteiger partial charge in [-0.1, -0.05) is 45.0 Å². The highest BCUT2D eigenvalue weighted by atomic mass is 14.7. The SMILES string of the molecule is Cc1ccccc1-c1cc(C(C)(C)C)ccn1. The Balaban J connectivity index is 2.51. The highest BCUT2D eigenvalue weighted by Gasteiger charge is 2.14. The minimum Gasteiger partial charge on any atom is -0.256 e. The van der Waals surface area contributed by atoms with Crippen molar-refractivity contribution in [3.05, 3.63) is 53.7 Å². The molecule has 0 spiro atoms. The molecule has 1 aromatic heterocycles. The molecule has 0 atom stereocenters. The summed E-state index contributed by atoms with van der Waals surface area (Å²) in [7, 11) is 0. The van der Waals surface area contributed by atoms with Crippen LogP contribution in [0.25, 0.3) is 11.3 Å². The Morgan fingerprint density at radius 3 is 2.35 bits per heavy atom. The van der Waals surface area contributed by atoms with E-state index in [0.29, 0.717) is 0 Å². The molecule has 0 unspecified atom stereocenters. The zero-order valence-corrected chi connectivity index (χ0v) is 11.0. The lowest BCUT2D eigenvalue weighted by molar-refractivity contribution is 0.589. The van der Waals surface area contributed by atoms with Crippen LogP contribution in [-0.2, 0) is 5.41 Å². The molecule has 1 heterocycles. The standard InChI is InChI=1S/C16H19N/c1-12-7-5-6-8-14(12)15-11-13(9-10-17-15)16(2,3)4/h5-11H,1-4H3. The highest BCUT2D eigenvalue weighted by Crippen LogP contribution is 2.27. The van der Waals surface area contributed by atoms with E-state index < -0.39 is 0 Å². The molecule has 0 radical (unpaired) electrons. The van der Waals surface area contributed by atoms with E-state index >= 15 is 0 Å². The van der Waals surface area contributed by atoms with Gasteiger partial charge in [0.05, 0.1) is 5.69 Å². The zero-order chi connectivity index (χ0) is 12.5. The van der Waals surface area contributed by atoms with Gasteiger partial charge in [-0.25, -0.2) is 0 Å². The fraction of sp³-hybridized carbons (Fsp3) is 0.312. The van der Waals surface area contributed by atoms with Crippen LogP contribution >= 0.6 is 0 Å². The van der Waals surface area contributed by atoms with E-state index in [4.69, 9.17) is 0 Å². The second-order valence-corrected chi connectivity index (χ2v) is 5.49. The molecule has 0 saturated carbocycles. The van der Waals surface area contributed by atoms with Crippen LogP contribution in [0, 0.1) is 6.92 Å². The maximum absolute atomic E-state index is 4.48. The van der Waals surface area contributed by atoms with Crippen molar-refractivity contribution in [3.63, 3.8) is 0 Å². The van der Waals surface area contributed by atoms with Gasteiger partial charge in [0.1, 0.15) is 0 Å². The van der Waals surface area contributed by atoms with Crippen LogP contribution in [0.5, 0.6) is 0 Å². The van der Waals surface area contributed by atoms with E-state index in [9.17, 15) is 0 Å². The minimum absolute atomic E-state index is 0.167. The number of pyridine rings is 1. The van der Waals surface area contributed by atoms with Crippen molar-refractivity contribution in [2.24, 2.45) is 0 Å². The van der Waals surface area contributed by atoms with Gasteiger partial charge in [-0.05, 0) is 35.6 Å². The van der Waals surface area contributed by atoms with Crippen LogP contribution in [0.3, 0.4) is 0 Å². The highest BCUT2D eigenvalue weighted by molar-refractivity contribution is 5.64. The third-order valence-corrected chi connectivity index (χ3v) is 3.05. The summed E-state index contributed by atoms with van der Waals surface area (Å²) in [4.78, 5) is 4.48. The summed E-state index contributed by atoms with van der Waals surface area (Å²) in [6, 6.07) is 12.7. The van der Waals surface area contributed by atoms with Crippen LogP contribution in [0.4, 0.5) is 0 Å². The summed E-state index contributed by atoms with van der Waals surface area (Å²) in [5.74, 6) is 0. The number of benzene rings is 1. The lowest BCUT2D eigenvalue weighted by Gasteiger charge is -2.19. The molecule has 0 aliphatic heterocycles. The van der Waals surface area contributed by atoms with Gasteiger partial charge in [0.2, 0.25) is 0 Å². The van der Waals surface area contributed by atoms with Gasteiger partial charge in [0.15, 0.2) is 0 Å². The van der Waals surface area contributed by atoms with E-state index in [2.05, 4.69) is 69.1 Å². The van der Waals surface area contributed by atoms with Gasteiger partial charge in [0, 0.05) is 11.8 Å². The molecule has 0 saturated heterocycles. The van der Waals surface area contributed by atoms with Crippen molar-refractivity contribution in [1.29, 1.82) is 0 Å². The maximum atomic E-state index is 4.48. The Bertz CT molecular complexity index is 521. The number of aromatic nitrogens is 1. The van der Waals surface area contributed by atoms with Gasteiger partial charge >= 0.3 is 0 Å². The van der Waals surface area contributed by atoms with Gasteiger partial charge in [-0.2, -0.15) is 0 Å². The van der Waals surface area contributed by atoms with Crippen molar-refractivity contribution in [1.82, 2.24) is 4.98 Å². The second kappa shape index (κ2) is 4.33. The zero-order valence-electron chi connectivity index (χ0n) is 11.0. The van der Waals surface area contributed by atoms with Crippen LogP contribution in [-0.4, -0.2) is 4.98 Å². The third-order valence-electron chi connectivity index (χ3n) is 3.05. The van der Waals surface area contributed by atoms with Gasteiger partial charge in [-0.15, -0.1) is 0 Å². The number of nitrogens with zero attached hydrogens (tertiary/aromatic N) is 1. The number of hydrogen-bond donors (Lipinski definition) is 0. The van der Waals surface area contributed by atoms with Crippen molar-refractivity contribution in [3.8, 4) is 11.3 Å². The van der Waals surface area contributed by atoms with Gasteiger partial charge in [0.25, 0.3) is 0 Å². The predicted molar refractivity (Wildman–Crippen MR) is 73.1 cm³/mol. The predicted octanol–water partition coefficient (Wildman–Crippen LogP) is 4.35. The average Bonchev–Trinajstić information content (AvgIpc) is 2.29. The van der Waals surface area contributed by atoms with Crippen LogP contribution in [0.1, 0.15) is 31.9 Å². The van der Waals surface area contributed by atoms with Crippen molar-refractivity contribution >= 4 is 0 Å². The smallest absolute Gasteiger partial charge is 0.0707 e. The summed E-state index contributed by atoms with van der Waals surface area (Å²) >= 11 is 0. The molecule has 0 fully saturated rings. The molecule has 1 aromatic carbocycles. The maximum Gasteiger partial charge on any atom is 0.0707 e. The van der Waals surface area contributed by atoms with E-state index in [1.807, 2.05) is 6.20 Å². The first kappa shape index (κ1) is 11.8. The van der Waals surface area contributed by atoms with Crippen molar-refractivity contribution < 1.29 is 0 Å². The Morgan fingerprint density at radius 2 is 1.71 bits per heavy atom. The summed E-state index contributed by atoms with van der Waals surface area (Å²) in [6.45, 7) is 8.80. The topological polar surface area (TPSA) is 12.9 Å². The molecule has 0 amide bonds. The van der Waals surface area contributed by atoms with Crippen molar-refractivity contribution in [2.45, 2.75) is 33.1 Å². The van der Waals surface area contributed by atoms with E-state index in [-0.39, 0.29) is 5.41 Å². The average molecular weight is 225 g/mol. The minimum atomic E-state index is 0.167. The Labute approximate surface area is 104 Å². The van der Waals surface area contributed by atoms with Crippen LogP contribution in [0.2, 0.25) is 0 Å². The molecule has 17 heavy (non-hydrogen) atoms. The van der Waals surface area contributed by atoms with E-state index in [1.165, 1.54) is 16.7 Å². The fourth-order valence-electron chi connectivity index (χ4n) is 1.90. The molecule has 1 heteroatoms. The van der Waals surface area contributed by atoms with Gasteiger partial charge in [-0.3, -0.25) is 4.98 Å². The fourth-order valence-corrected chi connectivity index (χ4v) is 1.90. The summed E-state index contributed by atoms with van der Waals surface area (Å²) in [6.07, 6.45) is 1.91. The molecule has 0 N–H and O–H groups in total. The monoisotopic (exact) mass is 225 g/mol. The lowest BCUT2D eigenvalue weighted by atomic mass is 9.86. The Morgan fingerprint density at radius 1 is 1.00 bits per heavy atom. The number of rotatable bonds is 1. The van der Waals surface area contributed by atoms with Crippen LogP contribution < -0.4 is 0 Å². The molecule has 0 aliphatic carbocycles. The normalized spacial score (nSPS) is 11.5. The Kier molecular flexibility index (Phi) is 3.01.